The standard InChI is InChI=1S/C11H18O3/c1-2-6-10(11(12)13)14-9-7-4-3-5-8-9/h2,6,9-10H,3-5,7-8H2,1H3,(H,12,13). The maximum Gasteiger partial charge on any atom is 0.336 e. The number of aliphatic carboxylic acids is 1. The van der Waals surface area contributed by atoms with Gasteiger partial charge in [-0.1, -0.05) is 25.3 Å². The second-order valence-corrected chi connectivity index (χ2v) is 3.68. The lowest BCUT2D eigenvalue weighted by Crippen LogP contribution is -2.28. The molecule has 1 saturated carbocycles. The first kappa shape index (κ1) is 11.2. The molecule has 1 fully saturated rings. The van der Waals surface area contributed by atoms with E-state index in [4.69, 9.17) is 9.84 Å². The Labute approximate surface area is 84.8 Å². The molecule has 1 atom stereocenters. The lowest BCUT2D eigenvalue weighted by molar-refractivity contribution is -0.151. The van der Waals surface area contributed by atoms with Gasteiger partial charge in [0.1, 0.15) is 0 Å². The summed E-state index contributed by atoms with van der Waals surface area (Å²) in [4.78, 5) is 10.8. The highest BCUT2D eigenvalue weighted by molar-refractivity contribution is 5.74. The predicted molar refractivity (Wildman–Crippen MR) is 54.2 cm³/mol. The molecule has 0 heterocycles. The van der Waals surface area contributed by atoms with Gasteiger partial charge in [0.25, 0.3) is 0 Å². The fourth-order valence-electron chi connectivity index (χ4n) is 1.77. The Balaban J connectivity index is 2.41. The Morgan fingerprint density at radius 3 is 2.57 bits per heavy atom. The number of hydrogen-bond acceptors (Lipinski definition) is 2. The molecule has 0 amide bonds. The van der Waals surface area contributed by atoms with Crippen LogP contribution in [0.3, 0.4) is 0 Å². The molecule has 0 bridgehead atoms. The second kappa shape index (κ2) is 5.81. The van der Waals surface area contributed by atoms with Gasteiger partial charge in [0.2, 0.25) is 0 Å². The van der Waals surface area contributed by atoms with Crippen LogP contribution < -0.4 is 0 Å². The maximum absolute atomic E-state index is 10.8. The molecule has 0 aromatic heterocycles. The Morgan fingerprint density at radius 1 is 1.43 bits per heavy atom. The first-order chi connectivity index (χ1) is 6.74. The van der Waals surface area contributed by atoms with Crippen molar-refractivity contribution < 1.29 is 14.6 Å². The van der Waals surface area contributed by atoms with Gasteiger partial charge < -0.3 is 9.84 Å². The van der Waals surface area contributed by atoms with E-state index in [1.807, 2.05) is 0 Å². The zero-order chi connectivity index (χ0) is 10.4. The molecule has 1 N–H and O–H groups in total. The van der Waals surface area contributed by atoms with E-state index >= 15 is 0 Å². The fourth-order valence-corrected chi connectivity index (χ4v) is 1.77. The molecular weight excluding hydrogens is 180 g/mol. The first-order valence-electron chi connectivity index (χ1n) is 5.25. The first-order valence-corrected chi connectivity index (χ1v) is 5.25. The van der Waals surface area contributed by atoms with Gasteiger partial charge in [0.05, 0.1) is 6.10 Å². The average Bonchev–Trinajstić information content (AvgIpc) is 2.18. The minimum Gasteiger partial charge on any atom is -0.479 e. The van der Waals surface area contributed by atoms with Crippen LogP contribution >= 0.6 is 0 Å². The van der Waals surface area contributed by atoms with E-state index in [1.54, 1.807) is 19.1 Å². The summed E-state index contributed by atoms with van der Waals surface area (Å²) in [5.41, 5.74) is 0. The van der Waals surface area contributed by atoms with Crippen LogP contribution in [-0.4, -0.2) is 23.3 Å². The van der Waals surface area contributed by atoms with E-state index < -0.39 is 12.1 Å². The van der Waals surface area contributed by atoms with E-state index in [0.29, 0.717) is 0 Å². The van der Waals surface area contributed by atoms with Crippen LogP contribution in [0.5, 0.6) is 0 Å². The average molecular weight is 198 g/mol. The number of carbonyl (C=O) groups is 1. The van der Waals surface area contributed by atoms with Crippen molar-refractivity contribution in [3.05, 3.63) is 12.2 Å². The Bertz CT molecular complexity index is 205. The monoisotopic (exact) mass is 198 g/mol. The smallest absolute Gasteiger partial charge is 0.336 e. The van der Waals surface area contributed by atoms with Gasteiger partial charge in [-0.05, 0) is 25.8 Å². The molecule has 0 spiro atoms. The van der Waals surface area contributed by atoms with Gasteiger partial charge in [-0.15, -0.1) is 0 Å². The number of hydrogen-bond donors (Lipinski definition) is 1. The lowest BCUT2D eigenvalue weighted by Gasteiger charge is -2.24. The molecule has 1 aliphatic carbocycles. The Kier molecular flexibility index (Phi) is 4.66. The molecule has 0 radical (unpaired) electrons. The SMILES string of the molecule is CC=CC(OC1CCCCC1)C(=O)O. The number of carboxylic acid groups (broad SMARTS) is 1. The summed E-state index contributed by atoms with van der Waals surface area (Å²) in [7, 11) is 0. The third-order valence-electron chi connectivity index (χ3n) is 2.50. The molecule has 3 nitrogen and oxygen atoms in total. The van der Waals surface area contributed by atoms with Crippen molar-refractivity contribution in [1.29, 1.82) is 0 Å². The quantitative estimate of drug-likeness (QED) is 0.705. The van der Waals surface area contributed by atoms with E-state index in [1.165, 1.54) is 6.42 Å². The van der Waals surface area contributed by atoms with Gasteiger partial charge in [-0.2, -0.15) is 0 Å². The summed E-state index contributed by atoms with van der Waals surface area (Å²) < 4.78 is 5.51. The summed E-state index contributed by atoms with van der Waals surface area (Å²) in [6, 6.07) is 0. The molecule has 14 heavy (non-hydrogen) atoms. The van der Waals surface area contributed by atoms with Crippen molar-refractivity contribution in [3.8, 4) is 0 Å². The molecule has 1 unspecified atom stereocenters. The summed E-state index contributed by atoms with van der Waals surface area (Å²) in [6.45, 7) is 1.81. The molecule has 3 heteroatoms. The molecular formula is C11H18O3. The second-order valence-electron chi connectivity index (χ2n) is 3.68. The van der Waals surface area contributed by atoms with Crippen molar-refractivity contribution in [2.75, 3.05) is 0 Å². The summed E-state index contributed by atoms with van der Waals surface area (Å²) in [5, 5.41) is 8.86. The van der Waals surface area contributed by atoms with Gasteiger partial charge >= 0.3 is 5.97 Å². The molecule has 0 aromatic rings. The van der Waals surface area contributed by atoms with Crippen LogP contribution in [0.15, 0.2) is 12.2 Å². The van der Waals surface area contributed by atoms with E-state index in [2.05, 4.69) is 0 Å². The van der Waals surface area contributed by atoms with Crippen molar-refractivity contribution in [2.45, 2.75) is 51.2 Å². The highest BCUT2D eigenvalue weighted by atomic mass is 16.5. The third kappa shape index (κ3) is 3.50. The topological polar surface area (TPSA) is 46.5 Å². The zero-order valence-corrected chi connectivity index (χ0v) is 8.61. The summed E-state index contributed by atoms with van der Waals surface area (Å²) >= 11 is 0. The third-order valence-corrected chi connectivity index (χ3v) is 2.50. The summed E-state index contributed by atoms with van der Waals surface area (Å²) in [6.07, 6.45) is 8.27. The zero-order valence-electron chi connectivity index (χ0n) is 8.61. The van der Waals surface area contributed by atoms with E-state index in [-0.39, 0.29) is 6.10 Å². The van der Waals surface area contributed by atoms with Crippen LogP contribution in [0.1, 0.15) is 39.0 Å². The summed E-state index contributed by atoms with van der Waals surface area (Å²) in [5.74, 6) is -0.895. The lowest BCUT2D eigenvalue weighted by atomic mass is 9.97. The normalized spacial score (nSPS) is 21.2. The highest BCUT2D eigenvalue weighted by Crippen LogP contribution is 2.21. The largest absolute Gasteiger partial charge is 0.479 e. The molecule has 0 saturated heterocycles. The fraction of sp³-hybridized carbons (Fsp3) is 0.727. The minimum atomic E-state index is -0.895. The van der Waals surface area contributed by atoms with E-state index in [0.717, 1.165) is 25.7 Å². The van der Waals surface area contributed by atoms with Crippen molar-refractivity contribution in [3.63, 3.8) is 0 Å². The van der Waals surface area contributed by atoms with Crippen molar-refractivity contribution in [2.24, 2.45) is 0 Å². The minimum absolute atomic E-state index is 0.140. The molecule has 1 rings (SSSR count). The Hall–Kier alpha value is -0.830. The highest BCUT2D eigenvalue weighted by Gasteiger charge is 2.21. The van der Waals surface area contributed by atoms with Crippen LogP contribution in [0.25, 0.3) is 0 Å². The maximum atomic E-state index is 10.8. The van der Waals surface area contributed by atoms with Crippen LogP contribution in [0.4, 0.5) is 0 Å². The van der Waals surface area contributed by atoms with Crippen molar-refractivity contribution in [1.82, 2.24) is 0 Å². The van der Waals surface area contributed by atoms with Crippen LogP contribution in [0.2, 0.25) is 0 Å². The van der Waals surface area contributed by atoms with Crippen LogP contribution in [-0.2, 0) is 9.53 Å². The van der Waals surface area contributed by atoms with Crippen molar-refractivity contribution >= 4 is 5.97 Å². The molecule has 0 aromatic carbocycles. The number of ether oxygens (including phenoxy) is 1. The van der Waals surface area contributed by atoms with E-state index in [9.17, 15) is 4.79 Å². The van der Waals surface area contributed by atoms with Crippen LogP contribution in [0, 0.1) is 0 Å². The number of allylic oxidation sites excluding steroid dienone is 1. The molecule has 80 valence electrons. The van der Waals surface area contributed by atoms with Gasteiger partial charge in [0, 0.05) is 0 Å². The van der Waals surface area contributed by atoms with Gasteiger partial charge in [-0.25, -0.2) is 4.79 Å². The molecule has 0 aliphatic heterocycles. The predicted octanol–water partition coefficient (Wildman–Crippen LogP) is 2.37. The van der Waals surface area contributed by atoms with Gasteiger partial charge in [-0.3, -0.25) is 0 Å². The van der Waals surface area contributed by atoms with Gasteiger partial charge in [0.15, 0.2) is 6.10 Å². The number of carboxylic acids is 1. The molecule has 1 aliphatic rings. The number of rotatable bonds is 4. The Morgan fingerprint density at radius 2 is 2.07 bits per heavy atom.